The van der Waals surface area contributed by atoms with E-state index in [1.54, 1.807) is 6.92 Å². The Morgan fingerprint density at radius 1 is 1.45 bits per heavy atom. The van der Waals surface area contributed by atoms with E-state index in [1.165, 1.54) is 12.1 Å². The van der Waals surface area contributed by atoms with Crippen molar-refractivity contribution in [1.29, 1.82) is 5.26 Å². The molecule has 1 aromatic carbocycles. The van der Waals surface area contributed by atoms with E-state index >= 15 is 0 Å². The molecule has 20 heavy (non-hydrogen) atoms. The molecule has 0 aliphatic heterocycles. The largest absolute Gasteiger partial charge is 0.466 e. The number of benzene rings is 1. The van der Waals surface area contributed by atoms with Gasteiger partial charge >= 0.3 is 12.6 Å². The van der Waals surface area contributed by atoms with Gasteiger partial charge in [-0.2, -0.15) is 14.0 Å². The summed E-state index contributed by atoms with van der Waals surface area (Å²) in [6.45, 7) is -1.23. The monoisotopic (exact) mass is 284 g/mol. The Labute approximate surface area is 114 Å². The summed E-state index contributed by atoms with van der Waals surface area (Å²) in [5.74, 6) is -0.687. The molecule has 0 saturated heterocycles. The first-order chi connectivity index (χ1) is 9.51. The Kier molecular flexibility index (Phi) is 5.87. The maximum atomic E-state index is 12.3. The Morgan fingerprint density at radius 3 is 2.65 bits per heavy atom. The number of carbonyl (C=O) groups excluding carboxylic acids is 1. The van der Waals surface area contributed by atoms with E-state index < -0.39 is 12.6 Å². The molecule has 0 fully saturated rings. The maximum absolute atomic E-state index is 12.3. The second kappa shape index (κ2) is 7.40. The number of nitrogens with two attached hydrogens (primary N) is 1. The van der Waals surface area contributed by atoms with Crippen LogP contribution >= 0.6 is 0 Å². The summed E-state index contributed by atoms with van der Waals surface area (Å²) >= 11 is 0. The van der Waals surface area contributed by atoms with E-state index in [0.29, 0.717) is 0 Å². The lowest BCUT2D eigenvalue weighted by Crippen LogP contribution is -2.12. The molecule has 1 aromatic rings. The lowest BCUT2D eigenvalue weighted by molar-refractivity contribution is -0.142. The highest BCUT2D eigenvalue weighted by Gasteiger charge is 2.16. The lowest BCUT2D eigenvalue weighted by Gasteiger charge is -2.13. The Hall–Kier alpha value is -2.20. The smallest absolute Gasteiger partial charge is 0.387 e. The van der Waals surface area contributed by atoms with Crippen molar-refractivity contribution in [3.8, 4) is 11.8 Å². The molecule has 0 unspecified atom stereocenters. The van der Waals surface area contributed by atoms with Gasteiger partial charge in [-0.05, 0) is 24.6 Å². The highest BCUT2D eigenvalue weighted by Crippen LogP contribution is 2.25. The molecule has 0 radical (unpaired) electrons. The minimum absolute atomic E-state index is 0.0591. The molecule has 0 aliphatic carbocycles. The number of halogens is 2. The standard InChI is InChI=1S/C13H14F2N2O3/c1-2-19-12(18)5-8-4-11(20-13(14)15)10(7-17)3-9(8)6-16/h3-4,13H,2,5,7,17H2,1H3. The minimum atomic E-state index is -3.01. The highest BCUT2D eigenvalue weighted by molar-refractivity contribution is 5.74. The highest BCUT2D eigenvalue weighted by atomic mass is 19.3. The molecule has 0 amide bonds. The van der Waals surface area contributed by atoms with Crippen molar-refractivity contribution in [3.05, 3.63) is 28.8 Å². The fourth-order valence-corrected chi connectivity index (χ4v) is 1.65. The van der Waals surface area contributed by atoms with Crippen LogP contribution in [0.4, 0.5) is 8.78 Å². The first-order valence-corrected chi connectivity index (χ1v) is 5.88. The predicted octanol–water partition coefficient (Wildman–Crippen LogP) is 1.72. The van der Waals surface area contributed by atoms with E-state index in [4.69, 9.17) is 15.7 Å². The summed E-state index contributed by atoms with van der Waals surface area (Å²) in [6, 6.07) is 4.46. The maximum Gasteiger partial charge on any atom is 0.387 e. The molecule has 0 spiro atoms. The fourth-order valence-electron chi connectivity index (χ4n) is 1.65. The number of ether oxygens (including phenoxy) is 2. The average molecular weight is 284 g/mol. The molecule has 1 rings (SSSR count). The number of hydrogen-bond donors (Lipinski definition) is 1. The van der Waals surface area contributed by atoms with Gasteiger partial charge in [0.25, 0.3) is 0 Å². The number of carbonyl (C=O) groups is 1. The summed E-state index contributed by atoms with van der Waals surface area (Å²) < 4.78 is 33.7. The molecule has 7 heteroatoms. The van der Waals surface area contributed by atoms with Gasteiger partial charge in [0.05, 0.1) is 24.7 Å². The lowest BCUT2D eigenvalue weighted by atomic mass is 10.0. The second-order valence-corrected chi connectivity index (χ2v) is 3.79. The first-order valence-electron chi connectivity index (χ1n) is 5.88. The van der Waals surface area contributed by atoms with Gasteiger partial charge in [-0.3, -0.25) is 4.79 Å². The van der Waals surface area contributed by atoms with Gasteiger partial charge in [0.15, 0.2) is 0 Å². The van der Waals surface area contributed by atoms with Crippen LogP contribution in [0.25, 0.3) is 0 Å². The van der Waals surface area contributed by atoms with Crippen LogP contribution in [0, 0.1) is 11.3 Å². The van der Waals surface area contributed by atoms with Gasteiger partial charge in [-0.25, -0.2) is 0 Å². The average Bonchev–Trinajstić information content (AvgIpc) is 2.38. The van der Waals surface area contributed by atoms with E-state index in [0.717, 1.165) is 0 Å². The van der Waals surface area contributed by atoms with Crippen molar-refractivity contribution in [2.24, 2.45) is 5.73 Å². The van der Waals surface area contributed by atoms with Crippen LogP contribution in [-0.4, -0.2) is 19.2 Å². The molecule has 2 N–H and O–H groups in total. The summed E-state index contributed by atoms with van der Waals surface area (Å²) in [4.78, 5) is 11.4. The van der Waals surface area contributed by atoms with Crippen LogP contribution in [0.1, 0.15) is 23.6 Å². The van der Waals surface area contributed by atoms with Crippen LogP contribution in [0.2, 0.25) is 0 Å². The normalized spacial score (nSPS) is 10.2. The van der Waals surface area contributed by atoms with Crippen molar-refractivity contribution in [1.82, 2.24) is 0 Å². The van der Waals surface area contributed by atoms with Crippen molar-refractivity contribution in [2.75, 3.05) is 6.61 Å². The summed E-state index contributed by atoms with van der Waals surface area (Å²) in [7, 11) is 0. The molecule has 0 atom stereocenters. The van der Waals surface area contributed by atoms with Gasteiger partial charge in [0.2, 0.25) is 0 Å². The fraction of sp³-hybridized carbons (Fsp3) is 0.385. The Bertz CT molecular complexity index is 527. The van der Waals surface area contributed by atoms with Crippen molar-refractivity contribution < 1.29 is 23.0 Å². The summed E-state index contributed by atoms with van der Waals surface area (Å²) in [5, 5.41) is 9.02. The van der Waals surface area contributed by atoms with Gasteiger partial charge in [0, 0.05) is 12.1 Å². The van der Waals surface area contributed by atoms with Gasteiger partial charge in [0.1, 0.15) is 5.75 Å². The third-order valence-electron chi connectivity index (χ3n) is 2.48. The van der Waals surface area contributed by atoms with Crippen molar-refractivity contribution >= 4 is 5.97 Å². The quantitative estimate of drug-likeness (QED) is 0.804. The minimum Gasteiger partial charge on any atom is -0.466 e. The van der Waals surface area contributed by atoms with Crippen LogP contribution in [-0.2, 0) is 22.5 Å². The van der Waals surface area contributed by atoms with Gasteiger partial charge in [-0.15, -0.1) is 0 Å². The third kappa shape index (κ3) is 4.17. The zero-order valence-corrected chi connectivity index (χ0v) is 10.9. The Balaban J connectivity index is 3.14. The zero-order chi connectivity index (χ0) is 15.1. The molecular weight excluding hydrogens is 270 g/mol. The zero-order valence-electron chi connectivity index (χ0n) is 10.9. The molecule has 0 aromatic heterocycles. The summed E-state index contributed by atoms with van der Waals surface area (Å²) in [6.07, 6.45) is -0.193. The number of alkyl halides is 2. The van der Waals surface area contributed by atoms with Crippen LogP contribution in [0.5, 0.6) is 5.75 Å². The predicted molar refractivity (Wildman–Crippen MR) is 66.0 cm³/mol. The molecule has 0 bridgehead atoms. The van der Waals surface area contributed by atoms with Crippen LogP contribution in [0.3, 0.4) is 0 Å². The van der Waals surface area contributed by atoms with E-state index in [-0.39, 0.29) is 42.0 Å². The van der Waals surface area contributed by atoms with Crippen LogP contribution in [0.15, 0.2) is 12.1 Å². The third-order valence-corrected chi connectivity index (χ3v) is 2.48. The Morgan fingerprint density at radius 2 is 2.15 bits per heavy atom. The molecule has 0 saturated carbocycles. The van der Waals surface area contributed by atoms with Crippen molar-refractivity contribution in [2.45, 2.75) is 26.5 Å². The SMILES string of the molecule is CCOC(=O)Cc1cc(OC(F)F)c(CN)cc1C#N. The van der Waals surface area contributed by atoms with E-state index in [2.05, 4.69) is 4.74 Å². The topological polar surface area (TPSA) is 85.3 Å². The van der Waals surface area contributed by atoms with Gasteiger partial charge in [-0.1, -0.05) is 0 Å². The van der Waals surface area contributed by atoms with Crippen molar-refractivity contribution in [3.63, 3.8) is 0 Å². The van der Waals surface area contributed by atoms with E-state index in [1.807, 2.05) is 6.07 Å². The first kappa shape index (κ1) is 15.9. The van der Waals surface area contributed by atoms with Crippen LogP contribution < -0.4 is 10.5 Å². The van der Waals surface area contributed by atoms with E-state index in [9.17, 15) is 13.6 Å². The number of nitrogens with zero attached hydrogens (tertiary/aromatic N) is 1. The molecule has 0 aliphatic rings. The molecule has 0 heterocycles. The van der Waals surface area contributed by atoms with Gasteiger partial charge < -0.3 is 15.2 Å². The summed E-state index contributed by atoms with van der Waals surface area (Å²) in [5.41, 5.74) is 6.14. The molecular formula is C13H14F2N2O3. The number of nitriles is 1. The number of hydrogen-bond acceptors (Lipinski definition) is 5. The number of esters is 1. The second-order valence-electron chi connectivity index (χ2n) is 3.79. The molecule has 5 nitrogen and oxygen atoms in total. The number of rotatable bonds is 6. The molecule has 108 valence electrons.